The standard InChI is InChI=1S/C14H21N5O3/c1-2-22-11(21)8-16-12-10(9-20)13(18-14(15)17-12)19-6-4-3-5-7-19/h9H,2-8H2,1H3,(H3,15,16,17,18). The predicted molar refractivity (Wildman–Crippen MR) is 83.0 cm³/mol. The van der Waals surface area contributed by atoms with Gasteiger partial charge in [0.05, 0.1) is 12.2 Å². The second kappa shape index (κ2) is 7.58. The first-order chi connectivity index (χ1) is 10.7. The predicted octanol–water partition coefficient (Wildman–Crippen LogP) is 0.837. The van der Waals surface area contributed by atoms with E-state index in [0.29, 0.717) is 24.3 Å². The van der Waals surface area contributed by atoms with Crippen LogP contribution in [-0.2, 0) is 9.53 Å². The second-order valence-corrected chi connectivity index (χ2v) is 4.99. The maximum Gasteiger partial charge on any atom is 0.325 e. The first-order valence-corrected chi connectivity index (χ1v) is 7.42. The highest BCUT2D eigenvalue weighted by Gasteiger charge is 2.20. The van der Waals surface area contributed by atoms with Gasteiger partial charge < -0.3 is 20.7 Å². The lowest BCUT2D eigenvalue weighted by atomic mass is 10.1. The van der Waals surface area contributed by atoms with Crippen LogP contribution in [0, 0.1) is 0 Å². The third-order valence-electron chi connectivity index (χ3n) is 3.42. The van der Waals surface area contributed by atoms with E-state index in [0.717, 1.165) is 25.9 Å². The monoisotopic (exact) mass is 307 g/mol. The average molecular weight is 307 g/mol. The number of ether oxygens (including phenoxy) is 1. The van der Waals surface area contributed by atoms with Crippen molar-refractivity contribution in [1.29, 1.82) is 0 Å². The van der Waals surface area contributed by atoms with Crippen molar-refractivity contribution < 1.29 is 14.3 Å². The molecule has 1 fully saturated rings. The zero-order chi connectivity index (χ0) is 15.9. The molecule has 120 valence electrons. The molecule has 8 heteroatoms. The van der Waals surface area contributed by atoms with Gasteiger partial charge in [0.2, 0.25) is 5.95 Å². The Balaban J connectivity index is 2.23. The van der Waals surface area contributed by atoms with Crippen molar-refractivity contribution in [3.8, 4) is 0 Å². The molecule has 0 bridgehead atoms. The Bertz CT molecular complexity index is 544. The van der Waals surface area contributed by atoms with Crippen LogP contribution in [0.2, 0.25) is 0 Å². The van der Waals surface area contributed by atoms with Crippen molar-refractivity contribution in [2.75, 3.05) is 42.2 Å². The number of nitrogens with one attached hydrogen (secondary N) is 1. The molecule has 1 aliphatic rings. The van der Waals surface area contributed by atoms with Crippen LogP contribution in [-0.4, -0.2) is 48.5 Å². The Labute approximate surface area is 129 Å². The summed E-state index contributed by atoms with van der Waals surface area (Å²) in [5.41, 5.74) is 6.05. The summed E-state index contributed by atoms with van der Waals surface area (Å²) in [4.78, 5) is 33.1. The number of anilines is 3. The maximum absolute atomic E-state index is 11.5. The number of nitrogen functional groups attached to an aromatic ring is 1. The van der Waals surface area contributed by atoms with Gasteiger partial charge in [0.15, 0.2) is 6.29 Å². The van der Waals surface area contributed by atoms with E-state index in [1.165, 1.54) is 6.42 Å². The summed E-state index contributed by atoms with van der Waals surface area (Å²) in [7, 11) is 0. The number of esters is 1. The lowest BCUT2D eigenvalue weighted by Crippen LogP contribution is -2.32. The number of hydrogen-bond donors (Lipinski definition) is 2. The molecule has 1 aliphatic heterocycles. The van der Waals surface area contributed by atoms with E-state index in [1.807, 2.05) is 4.90 Å². The van der Waals surface area contributed by atoms with E-state index in [4.69, 9.17) is 10.5 Å². The molecule has 0 spiro atoms. The summed E-state index contributed by atoms with van der Waals surface area (Å²) in [6, 6.07) is 0. The Hall–Kier alpha value is -2.38. The topological polar surface area (TPSA) is 110 Å². The molecule has 0 atom stereocenters. The lowest BCUT2D eigenvalue weighted by molar-refractivity contribution is -0.140. The van der Waals surface area contributed by atoms with Crippen molar-refractivity contribution >= 4 is 29.8 Å². The first-order valence-electron chi connectivity index (χ1n) is 7.42. The molecule has 1 aromatic heterocycles. The Kier molecular flexibility index (Phi) is 5.51. The summed E-state index contributed by atoms with van der Waals surface area (Å²) in [6.07, 6.45) is 3.96. The van der Waals surface area contributed by atoms with Gasteiger partial charge in [-0.05, 0) is 26.2 Å². The van der Waals surface area contributed by atoms with Gasteiger partial charge in [-0.25, -0.2) is 0 Å². The average Bonchev–Trinajstić information content (AvgIpc) is 2.53. The zero-order valence-corrected chi connectivity index (χ0v) is 12.7. The van der Waals surface area contributed by atoms with Crippen molar-refractivity contribution in [1.82, 2.24) is 9.97 Å². The number of hydrogen-bond acceptors (Lipinski definition) is 8. The molecule has 22 heavy (non-hydrogen) atoms. The third kappa shape index (κ3) is 3.84. The summed E-state index contributed by atoms with van der Waals surface area (Å²) in [6.45, 7) is 3.60. The third-order valence-corrected chi connectivity index (χ3v) is 3.42. The van der Waals surface area contributed by atoms with Gasteiger partial charge in [-0.2, -0.15) is 9.97 Å². The van der Waals surface area contributed by atoms with Crippen LogP contribution in [0.1, 0.15) is 36.5 Å². The van der Waals surface area contributed by atoms with E-state index >= 15 is 0 Å². The molecule has 8 nitrogen and oxygen atoms in total. The molecule has 1 aromatic rings. The van der Waals surface area contributed by atoms with E-state index in [-0.39, 0.29) is 18.3 Å². The van der Waals surface area contributed by atoms with Gasteiger partial charge in [0.25, 0.3) is 0 Å². The van der Waals surface area contributed by atoms with Crippen molar-refractivity contribution in [2.45, 2.75) is 26.2 Å². The van der Waals surface area contributed by atoms with Gasteiger partial charge in [-0.1, -0.05) is 0 Å². The van der Waals surface area contributed by atoms with Crippen molar-refractivity contribution in [3.63, 3.8) is 0 Å². The van der Waals surface area contributed by atoms with E-state index in [1.54, 1.807) is 6.92 Å². The van der Waals surface area contributed by atoms with Crippen LogP contribution in [0.4, 0.5) is 17.6 Å². The number of piperidine rings is 1. The SMILES string of the molecule is CCOC(=O)CNc1nc(N)nc(N2CCCCC2)c1C=O. The summed E-state index contributed by atoms with van der Waals surface area (Å²) in [5, 5.41) is 2.81. The zero-order valence-electron chi connectivity index (χ0n) is 12.7. The van der Waals surface area contributed by atoms with Gasteiger partial charge in [0.1, 0.15) is 18.2 Å². The van der Waals surface area contributed by atoms with Crippen LogP contribution >= 0.6 is 0 Å². The van der Waals surface area contributed by atoms with E-state index in [9.17, 15) is 9.59 Å². The second-order valence-electron chi connectivity index (χ2n) is 4.99. The molecule has 2 heterocycles. The maximum atomic E-state index is 11.5. The van der Waals surface area contributed by atoms with Crippen molar-refractivity contribution in [2.24, 2.45) is 0 Å². The van der Waals surface area contributed by atoms with Crippen LogP contribution < -0.4 is 16.0 Å². The molecule has 0 aliphatic carbocycles. The largest absolute Gasteiger partial charge is 0.465 e. The number of nitrogens with zero attached hydrogens (tertiary/aromatic N) is 3. The summed E-state index contributed by atoms with van der Waals surface area (Å²) in [5.74, 6) is 0.429. The molecule has 3 N–H and O–H groups in total. The highest BCUT2D eigenvalue weighted by atomic mass is 16.5. The minimum absolute atomic E-state index is 0.0672. The Morgan fingerprint density at radius 1 is 1.36 bits per heavy atom. The van der Waals surface area contributed by atoms with E-state index < -0.39 is 5.97 Å². The van der Waals surface area contributed by atoms with Gasteiger partial charge >= 0.3 is 5.97 Å². The minimum Gasteiger partial charge on any atom is -0.465 e. The summed E-state index contributed by atoms with van der Waals surface area (Å²) < 4.78 is 4.84. The number of aromatic nitrogens is 2. The van der Waals surface area contributed by atoms with Gasteiger partial charge in [0, 0.05) is 13.1 Å². The molecule has 1 saturated heterocycles. The van der Waals surface area contributed by atoms with Crippen LogP contribution in [0.5, 0.6) is 0 Å². The highest BCUT2D eigenvalue weighted by Crippen LogP contribution is 2.26. The fourth-order valence-electron chi connectivity index (χ4n) is 2.43. The minimum atomic E-state index is -0.420. The molecule has 0 unspecified atom stereocenters. The molecule has 0 amide bonds. The van der Waals surface area contributed by atoms with Crippen LogP contribution in [0.3, 0.4) is 0 Å². The number of rotatable bonds is 6. The fourth-order valence-corrected chi connectivity index (χ4v) is 2.43. The molecule has 0 radical (unpaired) electrons. The summed E-state index contributed by atoms with van der Waals surface area (Å²) >= 11 is 0. The van der Waals surface area contributed by atoms with Crippen molar-refractivity contribution in [3.05, 3.63) is 5.56 Å². The Morgan fingerprint density at radius 2 is 2.09 bits per heavy atom. The molecule has 0 aromatic carbocycles. The highest BCUT2D eigenvalue weighted by molar-refractivity contribution is 5.91. The fraction of sp³-hybridized carbons (Fsp3) is 0.571. The lowest BCUT2D eigenvalue weighted by Gasteiger charge is -2.29. The Morgan fingerprint density at radius 3 is 2.73 bits per heavy atom. The van der Waals surface area contributed by atoms with Gasteiger partial charge in [-0.15, -0.1) is 0 Å². The molecular formula is C14H21N5O3. The quantitative estimate of drug-likeness (QED) is 0.587. The number of nitrogens with two attached hydrogens (primary N) is 1. The smallest absolute Gasteiger partial charge is 0.325 e. The molecule has 0 saturated carbocycles. The van der Waals surface area contributed by atoms with E-state index in [2.05, 4.69) is 15.3 Å². The van der Waals surface area contributed by atoms with Gasteiger partial charge in [-0.3, -0.25) is 9.59 Å². The van der Waals surface area contributed by atoms with Crippen LogP contribution in [0.15, 0.2) is 0 Å². The van der Waals surface area contributed by atoms with Crippen LogP contribution in [0.25, 0.3) is 0 Å². The molecule has 2 rings (SSSR count). The normalized spacial score (nSPS) is 14.5. The number of carbonyl (C=O) groups excluding carboxylic acids is 2. The number of aldehydes is 1. The molecular weight excluding hydrogens is 286 g/mol. The number of carbonyl (C=O) groups is 2. The first kappa shape index (κ1) is 16.0.